The predicted octanol–water partition coefficient (Wildman–Crippen LogP) is 7.53. The van der Waals surface area contributed by atoms with Crippen LogP contribution >= 0.6 is 22.9 Å². The van der Waals surface area contributed by atoms with E-state index in [-0.39, 0.29) is 27.7 Å². The Bertz CT molecular complexity index is 1490. The number of ether oxygens (including phenoxy) is 1. The molecule has 0 aliphatic rings. The van der Waals surface area contributed by atoms with Crippen molar-refractivity contribution in [2.75, 3.05) is 5.32 Å². The Hall–Kier alpha value is -4.13. The number of amides is 1. The van der Waals surface area contributed by atoms with Crippen LogP contribution < -0.4 is 10.1 Å². The first kappa shape index (κ1) is 26.9. The molecule has 192 valence electrons. The number of rotatable bonds is 8. The van der Waals surface area contributed by atoms with Gasteiger partial charge in [-0.05, 0) is 53.1 Å². The third kappa shape index (κ3) is 7.22. The van der Waals surface area contributed by atoms with Gasteiger partial charge in [0.2, 0.25) is 0 Å². The summed E-state index contributed by atoms with van der Waals surface area (Å²) in [5, 5.41) is 12.5. The van der Waals surface area contributed by atoms with E-state index in [0.29, 0.717) is 22.8 Å². The van der Waals surface area contributed by atoms with Crippen LogP contribution in [0.25, 0.3) is 6.08 Å². The lowest BCUT2D eigenvalue weighted by molar-refractivity contribution is -0.137. The molecule has 0 aliphatic heterocycles. The number of benzene rings is 3. The smallest absolute Gasteiger partial charge is 0.416 e. The number of halogens is 4. The Morgan fingerprint density at radius 3 is 2.53 bits per heavy atom. The minimum Gasteiger partial charge on any atom is -0.489 e. The zero-order valence-corrected chi connectivity index (χ0v) is 21.2. The predicted molar refractivity (Wildman–Crippen MR) is 141 cm³/mol. The van der Waals surface area contributed by atoms with Crippen LogP contribution in [0.1, 0.15) is 27.1 Å². The first-order valence-corrected chi connectivity index (χ1v) is 12.4. The number of aromatic nitrogens is 1. The van der Waals surface area contributed by atoms with Gasteiger partial charge in [0.15, 0.2) is 5.13 Å². The van der Waals surface area contributed by atoms with Crippen molar-refractivity contribution in [1.29, 1.82) is 5.26 Å². The molecule has 5 nitrogen and oxygen atoms in total. The van der Waals surface area contributed by atoms with Crippen LogP contribution in [-0.4, -0.2) is 10.9 Å². The highest BCUT2D eigenvalue weighted by atomic mass is 35.5. The van der Waals surface area contributed by atoms with Gasteiger partial charge >= 0.3 is 6.18 Å². The van der Waals surface area contributed by atoms with Gasteiger partial charge in [-0.2, -0.15) is 18.4 Å². The van der Waals surface area contributed by atoms with Crippen molar-refractivity contribution in [2.45, 2.75) is 19.2 Å². The highest BCUT2D eigenvalue weighted by Gasteiger charge is 2.31. The van der Waals surface area contributed by atoms with Crippen LogP contribution in [-0.2, 0) is 24.0 Å². The summed E-state index contributed by atoms with van der Waals surface area (Å²) in [6, 6.07) is 21.6. The van der Waals surface area contributed by atoms with Crippen molar-refractivity contribution in [1.82, 2.24) is 4.98 Å². The molecule has 38 heavy (non-hydrogen) atoms. The molecule has 1 heterocycles. The van der Waals surface area contributed by atoms with E-state index in [1.165, 1.54) is 18.3 Å². The summed E-state index contributed by atoms with van der Waals surface area (Å²) in [5.41, 5.74) is 1.01. The average molecular weight is 554 g/mol. The second-order valence-electron chi connectivity index (χ2n) is 8.08. The SMILES string of the molecule is N#CC(=Cc1ccc(OCc2ccccc2)cc1)C(=O)Nc1ncc(Cc2cc(C(F)(F)F)ccc2Cl)s1. The molecule has 0 spiro atoms. The molecule has 0 saturated heterocycles. The number of nitriles is 1. The quantitative estimate of drug-likeness (QED) is 0.181. The summed E-state index contributed by atoms with van der Waals surface area (Å²) in [7, 11) is 0. The van der Waals surface area contributed by atoms with E-state index in [1.807, 2.05) is 36.4 Å². The number of nitrogens with one attached hydrogen (secondary N) is 1. The number of carbonyl (C=O) groups excluding carboxylic acids is 1. The van der Waals surface area contributed by atoms with Crippen molar-refractivity contribution in [3.05, 3.63) is 117 Å². The molecule has 0 atom stereocenters. The zero-order valence-electron chi connectivity index (χ0n) is 19.6. The maximum absolute atomic E-state index is 13.0. The number of anilines is 1. The van der Waals surface area contributed by atoms with Gasteiger partial charge in [-0.15, -0.1) is 11.3 Å². The first-order valence-electron chi connectivity index (χ1n) is 11.2. The van der Waals surface area contributed by atoms with Crippen LogP contribution in [0.15, 0.2) is 84.6 Å². The third-order valence-corrected chi connectivity index (χ3v) is 6.60. The summed E-state index contributed by atoms with van der Waals surface area (Å²) < 4.78 is 44.8. The molecule has 0 fully saturated rings. The van der Waals surface area contributed by atoms with Gasteiger partial charge in [-0.25, -0.2) is 4.98 Å². The van der Waals surface area contributed by atoms with Crippen LogP contribution in [0.2, 0.25) is 5.02 Å². The lowest BCUT2D eigenvalue weighted by Gasteiger charge is -2.09. The van der Waals surface area contributed by atoms with Gasteiger partial charge in [-0.3, -0.25) is 10.1 Å². The minimum absolute atomic E-state index is 0.107. The summed E-state index contributed by atoms with van der Waals surface area (Å²) >= 11 is 7.16. The van der Waals surface area contributed by atoms with Crippen molar-refractivity contribution in [3.8, 4) is 11.8 Å². The second kappa shape index (κ2) is 11.9. The normalized spacial score (nSPS) is 11.6. The van der Waals surface area contributed by atoms with Gasteiger partial charge in [0.05, 0.1) is 5.56 Å². The van der Waals surface area contributed by atoms with E-state index in [1.54, 1.807) is 24.3 Å². The lowest BCUT2D eigenvalue weighted by atomic mass is 10.1. The molecule has 0 bridgehead atoms. The molecule has 4 aromatic rings. The topological polar surface area (TPSA) is 75.0 Å². The summed E-state index contributed by atoms with van der Waals surface area (Å²) in [6.07, 6.45) is -1.49. The largest absolute Gasteiger partial charge is 0.489 e. The number of hydrogen-bond acceptors (Lipinski definition) is 5. The van der Waals surface area contributed by atoms with Gasteiger partial charge in [-0.1, -0.05) is 54.1 Å². The van der Waals surface area contributed by atoms with Gasteiger partial charge in [0, 0.05) is 22.5 Å². The fraction of sp³-hybridized carbons (Fsp3) is 0.107. The third-order valence-electron chi connectivity index (χ3n) is 5.32. The minimum atomic E-state index is -4.48. The number of carbonyl (C=O) groups is 1. The van der Waals surface area contributed by atoms with E-state index in [9.17, 15) is 23.2 Å². The number of hydrogen-bond donors (Lipinski definition) is 1. The monoisotopic (exact) mass is 553 g/mol. The summed E-state index contributed by atoms with van der Waals surface area (Å²) in [6.45, 7) is 0.414. The first-order chi connectivity index (χ1) is 18.2. The fourth-order valence-corrected chi connectivity index (χ4v) is 4.42. The fourth-order valence-electron chi connectivity index (χ4n) is 3.40. The lowest BCUT2D eigenvalue weighted by Crippen LogP contribution is -2.13. The van der Waals surface area contributed by atoms with Gasteiger partial charge < -0.3 is 4.74 Å². The molecule has 1 amide bonds. The molecule has 0 saturated carbocycles. The van der Waals surface area contributed by atoms with E-state index in [4.69, 9.17) is 16.3 Å². The molecular formula is C28H19ClF3N3O2S. The van der Waals surface area contributed by atoms with E-state index < -0.39 is 17.6 Å². The standard InChI is InChI=1S/C28H19ClF3N3O2S/c29-25-11-8-22(28(30,31)32)13-20(25)14-24-16-34-27(38-24)35-26(36)21(15-33)12-18-6-9-23(10-7-18)37-17-19-4-2-1-3-5-19/h1-13,16H,14,17H2,(H,34,35,36). The molecule has 1 aromatic heterocycles. The highest BCUT2D eigenvalue weighted by Crippen LogP contribution is 2.33. The molecule has 10 heteroatoms. The number of thiazole rings is 1. The average Bonchev–Trinajstić information content (AvgIpc) is 3.34. The van der Waals surface area contributed by atoms with E-state index in [2.05, 4.69) is 10.3 Å². The number of nitrogens with zero attached hydrogens (tertiary/aromatic N) is 2. The Balaban J connectivity index is 1.38. The summed E-state index contributed by atoms with van der Waals surface area (Å²) in [4.78, 5) is 17.3. The molecule has 1 N–H and O–H groups in total. The van der Waals surface area contributed by atoms with Crippen molar-refractivity contribution in [3.63, 3.8) is 0 Å². The van der Waals surface area contributed by atoms with Gasteiger partial charge in [0.1, 0.15) is 24.0 Å². The Kier molecular flexibility index (Phi) is 8.46. The van der Waals surface area contributed by atoms with Crippen LogP contribution in [0.3, 0.4) is 0 Å². The van der Waals surface area contributed by atoms with Crippen LogP contribution in [0.4, 0.5) is 18.3 Å². The molecule has 0 radical (unpaired) electrons. The van der Waals surface area contributed by atoms with Crippen molar-refractivity contribution >= 4 is 40.1 Å². The van der Waals surface area contributed by atoms with Crippen molar-refractivity contribution in [2.24, 2.45) is 0 Å². The van der Waals surface area contributed by atoms with Crippen molar-refractivity contribution < 1.29 is 22.7 Å². The molecule has 0 aliphatic carbocycles. The molecule has 3 aromatic carbocycles. The van der Waals surface area contributed by atoms with Gasteiger partial charge in [0.25, 0.3) is 5.91 Å². The maximum Gasteiger partial charge on any atom is 0.416 e. The maximum atomic E-state index is 13.0. The molecule has 0 unspecified atom stereocenters. The van der Waals surface area contributed by atoms with E-state index in [0.717, 1.165) is 29.0 Å². The Labute approximate surface area is 225 Å². The second-order valence-corrected chi connectivity index (χ2v) is 9.60. The highest BCUT2D eigenvalue weighted by molar-refractivity contribution is 7.15. The Morgan fingerprint density at radius 1 is 1.11 bits per heavy atom. The van der Waals surface area contributed by atoms with E-state index >= 15 is 0 Å². The summed E-state index contributed by atoms with van der Waals surface area (Å²) in [5.74, 6) is -0.0138. The number of alkyl halides is 3. The Morgan fingerprint density at radius 2 is 1.84 bits per heavy atom. The molecular weight excluding hydrogens is 535 g/mol. The zero-order chi connectivity index (χ0) is 27.1. The van der Waals surface area contributed by atoms with Crippen LogP contribution in [0.5, 0.6) is 5.75 Å². The van der Waals surface area contributed by atoms with Crippen LogP contribution in [0, 0.1) is 11.3 Å². The molecule has 4 rings (SSSR count).